The molecule has 2 atom stereocenters. The first kappa shape index (κ1) is 17.7. The fourth-order valence-corrected chi connectivity index (χ4v) is 1.69. The van der Waals surface area contributed by atoms with E-state index in [-0.39, 0.29) is 6.04 Å². The lowest BCUT2D eigenvalue weighted by molar-refractivity contribution is -0.142. The number of ether oxygens (including phenoxy) is 1. The SMILES string of the molecule is CCCCC[C@H](NC(=O)OC(C)(C)C)[C@@H](C)C(=O)O. The predicted molar refractivity (Wildman–Crippen MR) is 74.1 cm³/mol. The maximum atomic E-state index is 11.7. The van der Waals surface area contributed by atoms with Crippen LogP contribution in [-0.4, -0.2) is 28.8 Å². The fourth-order valence-electron chi connectivity index (χ4n) is 1.69. The number of hydrogen-bond donors (Lipinski definition) is 2. The van der Waals surface area contributed by atoms with Crippen LogP contribution in [0.4, 0.5) is 4.79 Å². The molecule has 0 aliphatic rings. The van der Waals surface area contributed by atoms with Crippen LogP contribution in [-0.2, 0) is 9.53 Å². The second-order valence-electron chi connectivity index (χ2n) is 5.88. The predicted octanol–water partition coefficient (Wildman–Crippen LogP) is 3.18. The third-order valence-electron chi connectivity index (χ3n) is 2.81. The van der Waals surface area contributed by atoms with Crippen LogP contribution in [0.3, 0.4) is 0 Å². The molecule has 2 N–H and O–H groups in total. The molecule has 0 heterocycles. The average molecular weight is 273 g/mol. The van der Waals surface area contributed by atoms with Crippen LogP contribution in [0.1, 0.15) is 60.3 Å². The average Bonchev–Trinajstić information content (AvgIpc) is 2.24. The van der Waals surface area contributed by atoms with Gasteiger partial charge in [-0.3, -0.25) is 4.79 Å². The summed E-state index contributed by atoms with van der Waals surface area (Å²) in [4.78, 5) is 22.8. The molecule has 0 saturated heterocycles. The Morgan fingerprint density at radius 2 is 1.84 bits per heavy atom. The molecule has 1 amide bonds. The number of hydrogen-bond acceptors (Lipinski definition) is 3. The lowest BCUT2D eigenvalue weighted by Gasteiger charge is -2.25. The van der Waals surface area contributed by atoms with E-state index in [0.717, 1.165) is 19.3 Å². The first-order valence-corrected chi connectivity index (χ1v) is 6.89. The van der Waals surface area contributed by atoms with E-state index in [1.807, 2.05) is 0 Å². The third-order valence-corrected chi connectivity index (χ3v) is 2.81. The van der Waals surface area contributed by atoms with Gasteiger partial charge in [0.1, 0.15) is 5.60 Å². The number of unbranched alkanes of at least 4 members (excludes halogenated alkanes) is 2. The molecule has 0 unspecified atom stereocenters. The standard InChI is InChI=1S/C14H27NO4/c1-6-7-8-9-11(10(2)12(16)17)15-13(18)19-14(3,4)5/h10-11H,6-9H2,1-5H3,(H,15,18)(H,16,17)/t10-,11+/m1/s1. The van der Waals surface area contributed by atoms with E-state index in [0.29, 0.717) is 6.42 Å². The lowest BCUT2D eigenvalue weighted by Crippen LogP contribution is -2.44. The number of carboxylic acids is 1. The van der Waals surface area contributed by atoms with Gasteiger partial charge in [-0.2, -0.15) is 0 Å². The summed E-state index contributed by atoms with van der Waals surface area (Å²) in [6.45, 7) is 9.02. The molecule has 0 saturated carbocycles. The summed E-state index contributed by atoms with van der Waals surface area (Å²) >= 11 is 0. The molecule has 0 fully saturated rings. The van der Waals surface area contributed by atoms with Gasteiger partial charge in [-0.05, 0) is 34.1 Å². The fraction of sp³-hybridized carbons (Fsp3) is 0.857. The molecule has 0 aromatic carbocycles. The minimum absolute atomic E-state index is 0.390. The molecule has 0 bridgehead atoms. The Kier molecular flexibility index (Phi) is 7.49. The van der Waals surface area contributed by atoms with Gasteiger partial charge >= 0.3 is 12.1 Å². The Morgan fingerprint density at radius 3 is 2.26 bits per heavy atom. The Bertz CT molecular complexity index is 296. The zero-order chi connectivity index (χ0) is 15.1. The van der Waals surface area contributed by atoms with Crippen LogP contribution >= 0.6 is 0 Å². The summed E-state index contributed by atoms with van der Waals surface area (Å²) in [6, 6.07) is -0.390. The zero-order valence-corrected chi connectivity index (χ0v) is 12.7. The van der Waals surface area contributed by atoms with Crippen molar-refractivity contribution in [2.45, 2.75) is 71.9 Å². The maximum Gasteiger partial charge on any atom is 0.407 e. The summed E-state index contributed by atoms with van der Waals surface area (Å²) in [7, 11) is 0. The number of amides is 1. The normalized spacial score (nSPS) is 14.6. The third kappa shape index (κ3) is 8.46. The Labute approximate surface area is 115 Å². The van der Waals surface area contributed by atoms with Gasteiger partial charge in [0, 0.05) is 6.04 Å². The smallest absolute Gasteiger partial charge is 0.407 e. The van der Waals surface area contributed by atoms with Crippen LogP contribution in [0.25, 0.3) is 0 Å². The highest BCUT2D eigenvalue weighted by molar-refractivity contribution is 5.73. The van der Waals surface area contributed by atoms with E-state index in [1.165, 1.54) is 0 Å². The Morgan fingerprint density at radius 1 is 1.26 bits per heavy atom. The van der Waals surface area contributed by atoms with Crippen LogP contribution in [0, 0.1) is 5.92 Å². The van der Waals surface area contributed by atoms with Gasteiger partial charge in [0.15, 0.2) is 0 Å². The zero-order valence-electron chi connectivity index (χ0n) is 12.7. The second kappa shape index (κ2) is 8.02. The number of aliphatic carboxylic acids is 1. The summed E-state index contributed by atoms with van der Waals surface area (Å²) < 4.78 is 5.16. The Hall–Kier alpha value is -1.26. The highest BCUT2D eigenvalue weighted by Crippen LogP contribution is 2.14. The van der Waals surface area contributed by atoms with Crippen molar-refractivity contribution in [2.24, 2.45) is 5.92 Å². The molecule has 19 heavy (non-hydrogen) atoms. The number of carboxylic acid groups (broad SMARTS) is 1. The highest BCUT2D eigenvalue weighted by atomic mass is 16.6. The van der Waals surface area contributed by atoms with Gasteiger partial charge in [-0.25, -0.2) is 4.79 Å². The van der Waals surface area contributed by atoms with Gasteiger partial charge in [-0.15, -0.1) is 0 Å². The summed E-state index contributed by atoms with van der Waals surface area (Å²) in [6.07, 6.45) is 3.08. The highest BCUT2D eigenvalue weighted by Gasteiger charge is 2.26. The minimum Gasteiger partial charge on any atom is -0.481 e. The van der Waals surface area contributed by atoms with Crippen molar-refractivity contribution in [2.75, 3.05) is 0 Å². The quantitative estimate of drug-likeness (QED) is 0.698. The van der Waals surface area contributed by atoms with Crippen LogP contribution < -0.4 is 5.32 Å². The van der Waals surface area contributed by atoms with Crippen molar-refractivity contribution in [3.63, 3.8) is 0 Å². The molecule has 0 radical (unpaired) electrons. The summed E-state index contributed by atoms with van der Waals surface area (Å²) in [5, 5.41) is 11.7. The van der Waals surface area contributed by atoms with E-state index >= 15 is 0 Å². The molecular formula is C14H27NO4. The molecule has 0 spiro atoms. The van der Waals surface area contributed by atoms with Crippen molar-refractivity contribution < 1.29 is 19.4 Å². The summed E-state index contributed by atoms with van der Waals surface area (Å²) in [5.74, 6) is -1.53. The first-order valence-electron chi connectivity index (χ1n) is 6.89. The van der Waals surface area contributed by atoms with E-state index in [4.69, 9.17) is 9.84 Å². The van der Waals surface area contributed by atoms with Gasteiger partial charge < -0.3 is 15.2 Å². The van der Waals surface area contributed by atoms with Crippen LogP contribution in [0.15, 0.2) is 0 Å². The van der Waals surface area contributed by atoms with E-state index in [1.54, 1.807) is 27.7 Å². The van der Waals surface area contributed by atoms with Crippen molar-refractivity contribution in [1.82, 2.24) is 5.32 Å². The molecule has 0 aromatic heterocycles. The molecule has 0 aliphatic heterocycles. The molecule has 0 aliphatic carbocycles. The Balaban J connectivity index is 4.48. The molecular weight excluding hydrogens is 246 g/mol. The second-order valence-corrected chi connectivity index (χ2v) is 5.88. The number of nitrogens with one attached hydrogen (secondary N) is 1. The van der Waals surface area contributed by atoms with E-state index in [2.05, 4.69) is 12.2 Å². The van der Waals surface area contributed by atoms with Crippen LogP contribution in [0.5, 0.6) is 0 Å². The van der Waals surface area contributed by atoms with Crippen molar-refractivity contribution in [1.29, 1.82) is 0 Å². The van der Waals surface area contributed by atoms with Crippen LogP contribution in [0.2, 0.25) is 0 Å². The number of alkyl carbamates (subject to hydrolysis) is 1. The maximum absolute atomic E-state index is 11.7. The number of carbonyl (C=O) groups is 2. The molecule has 5 heteroatoms. The molecule has 0 rings (SSSR count). The first-order chi connectivity index (χ1) is 8.67. The molecule has 112 valence electrons. The monoisotopic (exact) mass is 273 g/mol. The topological polar surface area (TPSA) is 75.6 Å². The van der Waals surface area contributed by atoms with E-state index in [9.17, 15) is 9.59 Å². The molecule has 5 nitrogen and oxygen atoms in total. The van der Waals surface area contributed by atoms with Crippen molar-refractivity contribution >= 4 is 12.1 Å². The van der Waals surface area contributed by atoms with Gasteiger partial charge in [0.2, 0.25) is 0 Å². The number of rotatable bonds is 7. The van der Waals surface area contributed by atoms with E-state index < -0.39 is 23.6 Å². The molecule has 0 aromatic rings. The largest absolute Gasteiger partial charge is 0.481 e. The van der Waals surface area contributed by atoms with Crippen molar-refractivity contribution in [3.05, 3.63) is 0 Å². The van der Waals surface area contributed by atoms with Gasteiger partial charge in [0.25, 0.3) is 0 Å². The van der Waals surface area contributed by atoms with Gasteiger partial charge in [0.05, 0.1) is 5.92 Å². The minimum atomic E-state index is -0.905. The van der Waals surface area contributed by atoms with Crippen molar-refractivity contribution in [3.8, 4) is 0 Å². The number of carbonyl (C=O) groups excluding carboxylic acids is 1. The lowest BCUT2D eigenvalue weighted by atomic mass is 9.96. The summed E-state index contributed by atoms with van der Waals surface area (Å²) in [5.41, 5.74) is -0.579. The van der Waals surface area contributed by atoms with Gasteiger partial charge in [-0.1, -0.05) is 26.2 Å².